The van der Waals surface area contributed by atoms with Gasteiger partial charge in [0.25, 0.3) is 0 Å². The van der Waals surface area contributed by atoms with Crippen LogP contribution in [0.2, 0.25) is 0 Å². The first kappa shape index (κ1) is 13.4. The normalized spacial score (nSPS) is 28.6. The molecule has 1 aromatic rings. The summed E-state index contributed by atoms with van der Waals surface area (Å²) in [6.45, 7) is 0. The number of fused-ring (bicyclic) bond motifs is 1. The number of nitrogens with one attached hydrogen (secondary N) is 1. The molecule has 20 heavy (non-hydrogen) atoms. The Bertz CT molecular complexity index is 478. The topological polar surface area (TPSA) is 52.6 Å². The molecular formula is C16H22N2O2. The van der Waals surface area contributed by atoms with E-state index in [9.17, 15) is 9.90 Å². The van der Waals surface area contributed by atoms with Crippen LogP contribution in [0.25, 0.3) is 0 Å². The van der Waals surface area contributed by atoms with Crippen LogP contribution in [0.15, 0.2) is 24.3 Å². The molecule has 0 saturated heterocycles. The molecule has 1 aromatic carbocycles. The lowest BCUT2D eigenvalue weighted by Gasteiger charge is -2.36. The Hall–Kier alpha value is -1.55. The molecular weight excluding hydrogens is 252 g/mol. The summed E-state index contributed by atoms with van der Waals surface area (Å²) in [6.07, 6.45) is 4.23. The van der Waals surface area contributed by atoms with E-state index in [1.807, 2.05) is 25.2 Å². The first-order valence-corrected chi connectivity index (χ1v) is 7.46. The van der Waals surface area contributed by atoms with Crippen molar-refractivity contribution in [2.45, 2.75) is 50.3 Å². The van der Waals surface area contributed by atoms with E-state index in [1.54, 1.807) is 4.90 Å². The van der Waals surface area contributed by atoms with Crippen molar-refractivity contribution in [2.75, 3.05) is 12.4 Å². The molecule has 0 radical (unpaired) electrons. The summed E-state index contributed by atoms with van der Waals surface area (Å²) >= 11 is 0. The molecule has 4 nitrogen and oxygen atoms in total. The third kappa shape index (κ3) is 2.40. The molecule has 0 bridgehead atoms. The number of carbonyl (C=O) groups is 1. The number of carbonyl (C=O) groups excluding carboxylic acids is 1. The molecule has 108 valence electrons. The fourth-order valence-corrected chi connectivity index (χ4v) is 3.40. The average Bonchev–Trinajstić information content (AvgIpc) is 2.90. The van der Waals surface area contributed by atoms with Crippen LogP contribution in [0.5, 0.6) is 0 Å². The Balaban J connectivity index is 1.68. The minimum Gasteiger partial charge on any atom is -0.391 e. The van der Waals surface area contributed by atoms with Crippen molar-refractivity contribution in [3.05, 3.63) is 29.8 Å². The highest BCUT2D eigenvalue weighted by atomic mass is 16.3. The third-order valence-electron chi connectivity index (χ3n) is 4.61. The second-order valence-corrected chi connectivity index (χ2v) is 5.93. The van der Waals surface area contributed by atoms with E-state index in [4.69, 9.17) is 0 Å². The largest absolute Gasteiger partial charge is 0.391 e. The van der Waals surface area contributed by atoms with Gasteiger partial charge in [-0.05, 0) is 24.5 Å². The van der Waals surface area contributed by atoms with Crippen molar-refractivity contribution in [1.29, 1.82) is 0 Å². The summed E-state index contributed by atoms with van der Waals surface area (Å²) in [6, 6.07) is 7.84. The third-order valence-corrected chi connectivity index (χ3v) is 4.61. The van der Waals surface area contributed by atoms with E-state index in [0.717, 1.165) is 37.8 Å². The van der Waals surface area contributed by atoms with Crippen LogP contribution in [-0.4, -0.2) is 41.1 Å². The van der Waals surface area contributed by atoms with Gasteiger partial charge in [-0.15, -0.1) is 0 Å². The van der Waals surface area contributed by atoms with Crippen molar-refractivity contribution in [2.24, 2.45) is 0 Å². The van der Waals surface area contributed by atoms with Gasteiger partial charge in [0, 0.05) is 19.2 Å². The molecule has 1 heterocycles. The van der Waals surface area contributed by atoms with Crippen LogP contribution < -0.4 is 5.32 Å². The number of benzene rings is 1. The van der Waals surface area contributed by atoms with Crippen LogP contribution in [0, 0.1) is 0 Å². The minimum absolute atomic E-state index is 0.0261. The number of para-hydroxylation sites is 1. The fraction of sp³-hybridized carbons (Fsp3) is 0.562. The van der Waals surface area contributed by atoms with Gasteiger partial charge < -0.3 is 15.3 Å². The zero-order valence-corrected chi connectivity index (χ0v) is 11.9. The SMILES string of the molecule is CN(C(=O)[C@@H]1Cc2ccccc2N1)C1CCCCC1O. The smallest absolute Gasteiger partial charge is 0.245 e. The van der Waals surface area contributed by atoms with Gasteiger partial charge in [0.1, 0.15) is 6.04 Å². The number of anilines is 1. The predicted octanol–water partition coefficient (Wildman–Crippen LogP) is 1.79. The van der Waals surface area contributed by atoms with E-state index >= 15 is 0 Å². The molecule has 2 unspecified atom stereocenters. The summed E-state index contributed by atoms with van der Waals surface area (Å²) < 4.78 is 0. The lowest BCUT2D eigenvalue weighted by atomic mass is 9.91. The lowest BCUT2D eigenvalue weighted by molar-refractivity contribution is -0.136. The summed E-state index contributed by atoms with van der Waals surface area (Å²) in [5.41, 5.74) is 2.26. The van der Waals surface area contributed by atoms with Crippen LogP contribution in [0.3, 0.4) is 0 Å². The highest BCUT2D eigenvalue weighted by Gasteiger charge is 2.34. The van der Waals surface area contributed by atoms with Crippen LogP contribution in [0.4, 0.5) is 5.69 Å². The van der Waals surface area contributed by atoms with Gasteiger partial charge in [-0.2, -0.15) is 0 Å². The molecule has 1 amide bonds. The van der Waals surface area contributed by atoms with Gasteiger partial charge in [-0.3, -0.25) is 4.79 Å². The van der Waals surface area contributed by atoms with E-state index < -0.39 is 0 Å². The molecule has 1 aliphatic heterocycles. The number of aliphatic hydroxyl groups excluding tert-OH is 1. The van der Waals surface area contributed by atoms with Gasteiger partial charge in [0.2, 0.25) is 5.91 Å². The lowest BCUT2D eigenvalue weighted by Crippen LogP contribution is -2.50. The Morgan fingerprint density at radius 2 is 2.05 bits per heavy atom. The number of aliphatic hydroxyl groups is 1. The number of hydrogen-bond acceptors (Lipinski definition) is 3. The van der Waals surface area contributed by atoms with Crippen molar-refractivity contribution in [3.8, 4) is 0 Å². The number of rotatable bonds is 2. The summed E-state index contributed by atoms with van der Waals surface area (Å²) in [5.74, 6) is 0.0900. The molecule has 3 atom stereocenters. The van der Waals surface area contributed by atoms with Gasteiger partial charge in [-0.1, -0.05) is 31.0 Å². The van der Waals surface area contributed by atoms with Gasteiger partial charge in [-0.25, -0.2) is 0 Å². The van der Waals surface area contributed by atoms with Gasteiger partial charge in [0.15, 0.2) is 0 Å². The first-order valence-electron chi connectivity index (χ1n) is 7.46. The first-order chi connectivity index (χ1) is 9.66. The van der Waals surface area contributed by atoms with E-state index in [0.29, 0.717) is 0 Å². The maximum absolute atomic E-state index is 12.6. The molecule has 1 saturated carbocycles. The molecule has 1 fully saturated rings. The number of hydrogen-bond donors (Lipinski definition) is 2. The van der Waals surface area contributed by atoms with E-state index in [1.165, 1.54) is 5.56 Å². The summed E-state index contributed by atoms with van der Waals surface area (Å²) in [7, 11) is 1.83. The van der Waals surface area contributed by atoms with E-state index in [-0.39, 0.29) is 24.1 Å². The molecule has 1 aliphatic carbocycles. The number of nitrogens with zero attached hydrogens (tertiary/aromatic N) is 1. The molecule has 0 aromatic heterocycles. The monoisotopic (exact) mass is 274 g/mol. The number of amides is 1. The van der Waals surface area contributed by atoms with Crippen LogP contribution >= 0.6 is 0 Å². The Morgan fingerprint density at radius 1 is 1.30 bits per heavy atom. The van der Waals surface area contributed by atoms with Crippen molar-refractivity contribution in [3.63, 3.8) is 0 Å². The number of likely N-dealkylation sites (N-methyl/N-ethyl adjacent to an activating group) is 1. The quantitative estimate of drug-likeness (QED) is 0.864. The maximum atomic E-state index is 12.6. The second-order valence-electron chi connectivity index (χ2n) is 5.93. The fourth-order valence-electron chi connectivity index (χ4n) is 3.40. The zero-order valence-electron chi connectivity index (χ0n) is 11.9. The molecule has 0 spiro atoms. The van der Waals surface area contributed by atoms with Crippen molar-refractivity contribution in [1.82, 2.24) is 4.90 Å². The summed E-state index contributed by atoms with van der Waals surface area (Å²) in [5, 5.41) is 13.4. The van der Waals surface area contributed by atoms with Gasteiger partial charge >= 0.3 is 0 Å². The molecule has 3 rings (SSSR count). The maximum Gasteiger partial charge on any atom is 0.245 e. The Labute approximate surface area is 119 Å². The Kier molecular flexibility index (Phi) is 3.66. The van der Waals surface area contributed by atoms with E-state index in [2.05, 4.69) is 11.4 Å². The second kappa shape index (κ2) is 5.44. The zero-order chi connectivity index (χ0) is 14.1. The van der Waals surface area contributed by atoms with Crippen LogP contribution in [0.1, 0.15) is 31.2 Å². The average molecular weight is 274 g/mol. The van der Waals surface area contributed by atoms with Crippen LogP contribution in [-0.2, 0) is 11.2 Å². The Morgan fingerprint density at radius 3 is 2.80 bits per heavy atom. The molecule has 4 heteroatoms. The molecule has 2 aliphatic rings. The van der Waals surface area contributed by atoms with Gasteiger partial charge in [0.05, 0.1) is 12.1 Å². The standard InChI is InChI=1S/C16H22N2O2/c1-18(14-8-4-5-9-15(14)19)16(20)13-10-11-6-2-3-7-12(11)17-13/h2-3,6-7,13-15,17,19H,4-5,8-10H2,1H3/t13-,14?,15?/m0/s1. The minimum atomic E-state index is -0.374. The van der Waals surface area contributed by atoms with Crippen molar-refractivity contribution >= 4 is 11.6 Å². The highest BCUT2D eigenvalue weighted by molar-refractivity contribution is 5.87. The highest BCUT2D eigenvalue weighted by Crippen LogP contribution is 2.28. The summed E-state index contributed by atoms with van der Waals surface area (Å²) in [4.78, 5) is 14.4. The van der Waals surface area contributed by atoms with Crippen molar-refractivity contribution < 1.29 is 9.90 Å². The predicted molar refractivity (Wildman–Crippen MR) is 78.6 cm³/mol. The molecule has 2 N–H and O–H groups in total.